The Morgan fingerprint density at radius 2 is 2.35 bits per heavy atom. The molecule has 1 aromatic rings. The maximum atomic E-state index is 12.1. The van der Waals surface area contributed by atoms with Crippen LogP contribution in [0.3, 0.4) is 0 Å². The van der Waals surface area contributed by atoms with Gasteiger partial charge in [-0.3, -0.25) is 9.69 Å². The molecule has 2 unspecified atom stereocenters. The standard InChI is InChI=1S/C15H22IN3O/c1-10-7-13(16)3-4-14(10)18-15(20)9-19-6-5-12(8-19)11(2)17/h3-4,7,11-12H,5-6,8-9,17H2,1-2H3,(H,18,20). The third-order valence-electron chi connectivity index (χ3n) is 3.88. The van der Waals surface area contributed by atoms with Crippen LogP contribution in [0, 0.1) is 16.4 Å². The predicted octanol–water partition coefficient (Wildman–Crippen LogP) is 2.21. The minimum Gasteiger partial charge on any atom is -0.328 e. The van der Waals surface area contributed by atoms with Crippen molar-refractivity contribution in [3.05, 3.63) is 27.3 Å². The Morgan fingerprint density at radius 1 is 1.60 bits per heavy atom. The molecule has 1 fully saturated rings. The van der Waals surface area contributed by atoms with Crippen molar-refractivity contribution in [1.82, 2.24) is 4.90 Å². The summed E-state index contributed by atoms with van der Waals surface area (Å²) in [5, 5.41) is 2.99. The van der Waals surface area contributed by atoms with Crippen molar-refractivity contribution in [2.45, 2.75) is 26.3 Å². The zero-order valence-corrected chi connectivity index (χ0v) is 14.2. The van der Waals surface area contributed by atoms with Gasteiger partial charge in [0.05, 0.1) is 6.54 Å². The van der Waals surface area contributed by atoms with Gasteiger partial charge in [0.25, 0.3) is 0 Å². The zero-order chi connectivity index (χ0) is 14.7. The smallest absolute Gasteiger partial charge is 0.238 e. The molecule has 1 aliphatic rings. The molecule has 0 radical (unpaired) electrons. The number of anilines is 1. The lowest BCUT2D eigenvalue weighted by atomic mass is 10.0. The molecule has 5 heteroatoms. The van der Waals surface area contributed by atoms with E-state index in [0.29, 0.717) is 12.5 Å². The number of nitrogens with two attached hydrogens (primary N) is 1. The summed E-state index contributed by atoms with van der Waals surface area (Å²) >= 11 is 2.27. The van der Waals surface area contributed by atoms with Crippen molar-refractivity contribution < 1.29 is 4.79 Å². The number of benzene rings is 1. The van der Waals surface area contributed by atoms with Gasteiger partial charge in [-0.2, -0.15) is 0 Å². The van der Waals surface area contributed by atoms with E-state index in [4.69, 9.17) is 5.73 Å². The normalized spacial score (nSPS) is 20.9. The van der Waals surface area contributed by atoms with Crippen LogP contribution in [0.5, 0.6) is 0 Å². The van der Waals surface area contributed by atoms with E-state index in [0.717, 1.165) is 30.8 Å². The zero-order valence-electron chi connectivity index (χ0n) is 12.0. The minimum atomic E-state index is 0.0552. The van der Waals surface area contributed by atoms with Crippen LogP contribution >= 0.6 is 22.6 Å². The van der Waals surface area contributed by atoms with Gasteiger partial charge in [0.15, 0.2) is 0 Å². The second-order valence-corrected chi connectivity index (χ2v) is 6.90. The summed E-state index contributed by atoms with van der Waals surface area (Å²) in [6.45, 7) is 6.40. The quantitative estimate of drug-likeness (QED) is 0.779. The van der Waals surface area contributed by atoms with Crippen molar-refractivity contribution in [2.24, 2.45) is 11.7 Å². The highest BCUT2D eigenvalue weighted by atomic mass is 127. The van der Waals surface area contributed by atoms with Crippen LogP contribution in [0.4, 0.5) is 5.69 Å². The lowest BCUT2D eigenvalue weighted by molar-refractivity contribution is -0.117. The van der Waals surface area contributed by atoms with Crippen molar-refractivity contribution >= 4 is 34.2 Å². The molecule has 2 rings (SSSR count). The molecule has 0 spiro atoms. The molecule has 1 saturated heterocycles. The largest absolute Gasteiger partial charge is 0.328 e. The fourth-order valence-electron chi connectivity index (χ4n) is 2.60. The van der Waals surface area contributed by atoms with Gasteiger partial charge in [-0.25, -0.2) is 0 Å². The van der Waals surface area contributed by atoms with Gasteiger partial charge in [-0.15, -0.1) is 0 Å². The Kier molecular flexibility index (Phi) is 5.40. The number of amides is 1. The molecular weight excluding hydrogens is 365 g/mol. The van der Waals surface area contributed by atoms with E-state index in [9.17, 15) is 4.79 Å². The first kappa shape index (κ1) is 15.7. The Balaban J connectivity index is 1.87. The SMILES string of the molecule is Cc1cc(I)ccc1NC(=O)CN1CCC(C(C)N)C1. The van der Waals surface area contributed by atoms with Gasteiger partial charge in [0.2, 0.25) is 5.91 Å². The van der Waals surface area contributed by atoms with Gasteiger partial charge in [0.1, 0.15) is 0 Å². The predicted molar refractivity (Wildman–Crippen MR) is 90.7 cm³/mol. The van der Waals surface area contributed by atoms with Gasteiger partial charge in [-0.05, 0) is 79.1 Å². The molecular formula is C15H22IN3O. The maximum Gasteiger partial charge on any atom is 0.238 e. The number of nitrogens with zero attached hydrogens (tertiary/aromatic N) is 1. The van der Waals surface area contributed by atoms with Crippen molar-refractivity contribution in [1.29, 1.82) is 0 Å². The molecule has 1 aromatic carbocycles. The highest BCUT2D eigenvalue weighted by Crippen LogP contribution is 2.20. The van der Waals surface area contributed by atoms with Crippen LogP contribution < -0.4 is 11.1 Å². The summed E-state index contributed by atoms with van der Waals surface area (Å²) in [5.74, 6) is 0.572. The number of halogens is 1. The molecule has 4 nitrogen and oxygen atoms in total. The van der Waals surface area contributed by atoms with E-state index in [2.05, 4.69) is 38.9 Å². The van der Waals surface area contributed by atoms with E-state index < -0.39 is 0 Å². The first-order valence-corrected chi connectivity index (χ1v) is 8.07. The van der Waals surface area contributed by atoms with Crippen LogP contribution in [0.25, 0.3) is 0 Å². The van der Waals surface area contributed by atoms with E-state index >= 15 is 0 Å². The van der Waals surface area contributed by atoms with Crippen molar-refractivity contribution in [3.8, 4) is 0 Å². The average Bonchev–Trinajstić information content (AvgIpc) is 2.81. The van der Waals surface area contributed by atoms with Gasteiger partial charge >= 0.3 is 0 Å². The van der Waals surface area contributed by atoms with Crippen LogP contribution in [0.2, 0.25) is 0 Å². The van der Waals surface area contributed by atoms with Crippen LogP contribution in [0.15, 0.2) is 18.2 Å². The topological polar surface area (TPSA) is 58.4 Å². The highest BCUT2D eigenvalue weighted by molar-refractivity contribution is 14.1. The van der Waals surface area contributed by atoms with E-state index in [-0.39, 0.29) is 11.9 Å². The van der Waals surface area contributed by atoms with Gasteiger partial charge < -0.3 is 11.1 Å². The van der Waals surface area contributed by atoms with Crippen LogP contribution in [-0.2, 0) is 4.79 Å². The minimum absolute atomic E-state index is 0.0552. The highest BCUT2D eigenvalue weighted by Gasteiger charge is 2.26. The molecule has 1 heterocycles. The maximum absolute atomic E-state index is 12.1. The summed E-state index contributed by atoms with van der Waals surface area (Å²) in [6.07, 6.45) is 1.09. The summed E-state index contributed by atoms with van der Waals surface area (Å²) in [5.41, 5.74) is 7.92. The third-order valence-corrected chi connectivity index (χ3v) is 4.55. The summed E-state index contributed by atoms with van der Waals surface area (Å²) in [7, 11) is 0. The number of hydrogen-bond acceptors (Lipinski definition) is 3. The first-order chi connectivity index (χ1) is 9.45. The van der Waals surface area contributed by atoms with Crippen molar-refractivity contribution in [2.75, 3.05) is 25.0 Å². The Morgan fingerprint density at radius 3 is 2.95 bits per heavy atom. The lowest BCUT2D eigenvalue weighted by Gasteiger charge is -2.17. The third kappa shape index (κ3) is 4.17. The molecule has 1 aliphatic heterocycles. The molecule has 0 bridgehead atoms. The molecule has 3 N–H and O–H groups in total. The van der Waals surface area contributed by atoms with Gasteiger partial charge in [0, 0.05) is 21.8 Å². The fraction of sp³-hybridized carbons (Fsp3) is 0.533. The van der Waals surface area contributed by atoms with E-state index in [1.807, 2.05) is 26.0 Å². The Hall–Kier alpha value is -0.660. The van der Waals surface area contributed by atoms with Crippen LogP contribution in [0.1, 0.15) is 18.9 Å². The number of rotatable bonds is 4. The number of carbonyl (C=O) groups excluding carboxylic acids is 1. The van der Waals surface area contributed by atoms with Gasteiger partial charge in [-0.1, -0.05) is 0 Å². The van der Waals surface area contributed by atoms with Crippen molar-refractivity contribution in [3.63, 3.8) is 0 Å². The summed E-state index contributed by atoms with van der Waals surface area (Å²) in [6, 6.07) is 6.24. The Bertz CT molecular complexity index is 490. The molecule has 110 valence electrons. The summed E-state index contributed by atoms with van der Waals surface area (Å²) < 4.78 is 1.18. The van der Waals surface area contributed by atoms with E-state index in [1.165, 1.54) is 3.57 Å². The molecule has 0 aromatic heterocycles. The average molecular weight is 387 g/mol. The first-order valence-electron chi connectivity index (χ1n) is 6.99. The molecule has 0 aliphatic carbocycles. The second kappa shape index (κ2) is 6.87. The molecule has 2 atom stereocenters. The molecule has 1 amide bonds. The van der Waals surface area contributed by atoms with Crippen LogP contribution in [-0.4, -0.2) is 36.5 Å². The number of hydrogen-bond donors (Lipinski definition) is 2. The molecule has 20 heavy (non-hydrogen) atoms. The lowest BCUT2D eigenvalue weighted by Crippen LogP contribution is -2.34. The Labute approximate surface area is 134 Å². The van der Waals surface area contributed by atoms with E-state index in [1.54, 1.807) is 0 Å². The fourth-order valence-corrected chi connectivity index (χ4v) is 3.24. The number of carbonyl (C=O) groups is 1. The number of likely N-dealkylation sites (tertiary alicyclic amines) is 1. The summed E-state index contributed by atoms with van der Waals surface area (Å²) in [4.78, 5) is 14.3. The second-order valence-electron chi connectivity index (χ2n) is 5.65. The monoisotopic (exact) mass is 387 g/mol. The number of nitrogens with one attached hydrogen (secondary N) is 1. The molecule has 0 saturated carbocycles. The number of aryl methyl sites for hydroxylation is 1.